The summed E-state index contributed by atoms with van der Waals surface area (Å²) in [5, 5.41) is 5.73. The number of pyridine rings is 1. The number of fused-ring (bicyclic) bond motifs is 1. The fraction of sp³-hybridized carbons (Fsp3) is 0.0238. The summed E-state index contributed by atoms with van der Waals surface area (Å²) in [6.45, 7) is 12.0. The summed E-state index contributed by atoms with van der Waals surface area (Å²) >= 11 is 0. The van der Waals surface area contributed by atoms with Crippen LogP contribution >= 0.6 is 0 Å². The Labute approximate surface area is 372 Å². The average molecular weight is 1040 g/mol. The molecule has 5 aromatic carbocycles. The summed E-state index contributed by atoms with van der Waals surface area (Å²) in [6, 6.07) is 57.8. The van der Waals surface area contributed by atoms with Crippen molar-refractivity contribution in [3.63, 3.8) is 0 Å². The van der Waals surface area contributed by atoms with E-state index in [4.69, 9.17) is 0 Å². The summed E-state index contributed by atoms with van der Waals surface area (Å²) in [5.74, 6) is 0.772. The molecular formula is C42H37HfN3Pr2-6. The Morgan fingerprint density at radius 3 is 1.42 bits per heavy atom. The molecule has 0 atom stereocenters. The van der Waals surface area contributed by atoms with Crippen molar-refractivity contribution in [1.82, 2.24) is 4.57 Å². The zero-order valence-electron chi connectivity index (χ0n) is 27.1. The van der Waals surface area contributed by atoms with Gasteiger partial charge in [0.1, 0.15) is 0 Å². The van der Waals surface area contributed by atoms with E-state index in [0.29, 0.717) is 5.69 Å². The summed E-state index contributed by atoms with van der Waals surface area (Å²) < 4.78 is 4.06. The van der Waals surface area contributed by atoms with Gasteiger partial charge in [0.2, 0.25) is 0 Å². The first kappa shape index (κ1) is 43.7. The van der Waals surface area contributed by atoms with Crippen molar-refractivity contribution in [3.8, 4) is 0 Å². The van der Waals surface area contributed by atoms with Crippen molar-refractivity contribution in [2.24, 2.45) is 0 Å². The molecule has 48 heavy (non-hydrogen) atoms. The van der Waals surface area contributed by atoms with Crippen LogP contribution in [0.5, 0.6) is 0 Å². The van der Waals surface area contributed by atoms with E-state index in [-0.39, 0.29) is 108 Å². The molecule has 0 aliphatic carbocycles. The fourth-order valence-corrected chi connectivity index (χ4v) is 4.25. The first-order valence-corrected chi connectivity index (χ1v) is 14.6. The van der Waals surface area contributed by atoms with Crippen LogP contribution in [0.2, 0.25) is 0 Å². The Morgan fingerprint density at radius 1 is 0.562 bits per heavy atom. The van der Waals surface area contributed by atoms with Gasteiger partial charge in [0.15, 0.2) is 0 Å². The third-order valence-electron chi connectivity index (χ3n) is 6.49. The standard InChI is InChI=1S/C21H16N3.3C7H7.Hf.2Pr/c1-23-20(22-19-10-6-3-7-11-19)13-12-18-14-15-24(21(18)23)16-17-8-4-2-5-9-17;3*1-7-5-3-2-4-6-7;;;/h2-9,12-15H,1,16H2;3*2-6H,1H2;;;/q-3;3*-1;;;. The van der Waals surface area contributed by atoms with E-state index >= 15 is 0 Å². The van der Waals surface area contributed by atoms with Gasteiger partial charge in [0.25, 0.3) is 0 Å². The summed E-state index contributed by atoms with van der Waals surface area (Å²) in [7, 11) is 4.19. The van der Waals surface area contributed by atoms with Crippen LogP contribution in [0.1, 0.15) is 22.3 Å². The molecule has 2 radical (unpaired) electrons. The molecule has 0 amide bonds. The van der Waals surface area contributed by atoms with Crippen LogP contribution in [0.25, 0.3) is 16.4 Å². The van der Waals surface area contributed by atoms with E-state index in [1.807, 2.05) is 126 Å². The second-order valence-corrected chi connectivity index (χ2v) is 10.1. The van der Waals surface area contributed by atoms with Crippen molar-refractivity contribution in [1.29, 1.82) is 0 Å². The van der Waals surface area contributed by atoms with Gasteiger partial charge in [-0.05, 0) is 23.2 Å². The molecule has 236 valence electrons. The number of aromatic nitrogens is 2. The van der Waals surface area contributed by atoms with E-state index in [1.165, 1.54) is 5.56 Å². The van der Waals surface area contributed by atoms with Gasteiger partial charge in [-0.2, -0.15) is 79.5 Å². The normalized spacial score (nSPS) is 9.17. The van der Waals surface area contributed by atoms with Crippen LogP contribution in [0, 0.1) is 123 Å². The molecule has 6 heteroatoms. The van der Waals surface area contributed by atoms with Crippen LogP contribution in [-0.4, -0.2) is 4.57 Å². The zero-order valence-corrected chi connectivity index (χ0v) is 38.1. The van der Waals surface area contributed by atoms with Crippen LogP contribution < -0.4 is 4.57 Å². The van der Waals surface area contributed by atoms with Gasteiger partial charge in [-0.1, -0.05) is 60.7 Å². The predicted octanol–water partition coefficient (Wildman–Crippen LogP) is 10.2. The minimum absolute atomic E-state index is 0. The number of hydrogen-bond donors (Lipinski definition) is 0. The quantitative estimate of drug-likeness (QED) is 0.0953. The molecular weight excluding hydrogens is 1010 g/mol. The maximum atomic E-state index is 4.59. The largest absolute Gasteiger partial charge is 0.453 e. The molecule has 2 aromatic heterocycles. The summed E-state index contributed by atoms with van der Waals surface area (Å²) in [4.78, 5) is 0. The molecule has 7 rings (SSSR count). The van der Waals surface area contributed by atoms with E-state index < -0.39 is 0 Å². The number of nitrogens with zero attached hydrogens (tertiary/aromatic N) is 3. The second kappa shape index (κ2) is 24.7. The zero-order chi connectivity index (χ0) is 31.7. The third-order valence-corrected chi connectivity index (χ3v) is 6.49. The number of hydrogen-bond acceptors (Lipinski definition) is 0. The first-order chi connectivity index (χ1) is 22.0. The minimum atomic E-state index is 0. The van der Waals surface area contributed by atoms with Crippen LogP contribution in [0.15, 0.2) is 164 Å². The Balaban J connectivity index is 0.000000393. The van der Waals surface area contributed by atoms with Gasteiger partial charge in [-0.25, -0.2) is 0 Å². The SMILES string of the molecule is [CH2-][n+]1c([N-]c2[c-]ccc[c-]2)ccc2ccn(Cc3ccccc3)c21.[CH2-]c1ccccc1.[CH2-]c1ccccc1.[CH2-]c1ccccc1.[Hf].[Pr].[Pr]. The van der Waals surface area contributed by atoms with Gasteiger partial charge in [0, 0.05) is 126 Å². The number of rotatable bonds is 4. The molecule has 7 aromatic rings. The van der Waals surface area contributed by atoms with E-state index in [1.54, 1.807) is 0 Å². The smallest absolute Gasteiger partial charge is 0.0370 e. The monoisotopic (exact) mass is 1050 g/mol. The number of benzene rings is 5. The number of para-hydroxylation sites is 1. The van der Waals surface area contributed by atoms with E-state index in [9.17, 15) is 0 Å². The van der Waals surface area contributed by atoms with E-state index in [2.05, 4.69) is 92.4 Å². The first-order valence-electron chi connectivity index (χ1n) is 14.6. The Morgan fingerprint density at radius 2 is 1.00 bits per heavy atom. The molecule has 3 nitrogen and oxygen atoms in total. The van der Waals surface area contributed by atoms with E-state index in [0.717, 1.165) is 40.1 Å². The molecule has 0 N–H and O–H groups in total. The molecule has 0 unspecified atom stereocenters. The molecule has 0 bridgehead atoms. The van der Waals surface area contributed by atoms with Crippen LogP contribution in [0.4, 0.5) is 11.5 Å². The summed E-state index contributed by atoms with van der Waals surface area (Å²) in [5.41, 5.74) is 6.18. The van der Waals surface area contributed by atoms with Gasteiger partial charge in [0.05, 0.1) is 0 Å². The third kappa shape index (κ3) is 15.5. The molecule has 0 saturated carbocycles. The molecule has 0 aliphatic heterocycles. The van der Waals surface area contributed by atoms with Crippen molar-refractivity contribution in [2.75, 3.05) is 0 Å². The maximum Gasteiger partial charge on any atom is 0.0370 e. The maximum absolute atomic E-state index is 4.59. The molecule has 0 fully saturated rings. The molecule has 0 saturated heterocycles. The van der Waals surface area contributed by atoms with Crippen molar-refractivity contribution in [2.45, 2.75) is 6.54 Å². The van der Waals surface area contributed by atoms with Crippen molar-refractivity contribution in [3.05, 3.63) is 231 Å². The summed E-state index contributed by atoms with van der Waals surface area (Å²) in [6.07, 6.45) is 2.09. The second-order valence-electron chi connectivity index (χ2n) is 10.1. The van der Waals surface area contributed by atoms with Crippen LogP contribution in [0.3, 0.4) is 0 Å². The topological polar surface area (TPSA) is 22.9 Å². The Bertz CT molecular complexity index is 1730. The van der Waals surface area contributed by atoms with Crippen LogP contribution in [-0.2, 0) is 32.4 Å². The van der Waals surface area contributed by atoms with Crippen molar-refractivity contribution < 1.29 is 113 Å². The van der Waals surface area contributed by atoms with Gasteiger partial charge in [-0.3, -0.25) is 18.2 Å². The predicted molar refractivity (Wildman–Crippen MR) is 188 cm³/mol. The van der Waals surface area contributed by atoms with Gasteiger partial charge >= 0.3 is 0 Å². The molecule has 0 aliphatic rings. The minimum Gasteiger partial charge on any atom is -0.453 e. The fourth-order valence-electron chi connectivity index (χ4n) is 4.25. The average Bonchev–Trinajstić information content (AvgIpc) is 3.48. The molecule has 0 spiro atoms. The Kier molecular flexibility index (Phi) is 22.5. The van der Waals surface area contributed by atoms with Gasteiger partial charge < -0.3 is 26.6 Å². The Hall–Kier alpha value is -2.33. The molecule has 2 heterocycles. The van der Waals surface area contributed by atoms with Gasteiger partial charge in [-0.15, -0.1) is 43.4 Å². The van der Waals surface area contributed by atoms with Crippen molar-refractivity contribution >= 4 is 22.5 Å².